The summed E-state index contributed by atoms with van der Waals surface area (Å²) in [5.74, 6) is 0.396. The van der Waals surface area contributed by atoms with Gasteiger partial charge in [0.25, 0.3) is 0 Å². The zero-order chi connectivity index (χ0) is 20.1. The first-order valence-electron chi connectivity index (χ1n) is 7.88. The van der Waals surface area contributed by atoms with Crippen molar-refractivity contribution in [3.05, 3.63) is 65.7 Å². The molecule has 0 radical (unpaired) electrons. The average molecular weight is 411 g/mol. The first kappa shape index (κ1) is 19.6. The van der Waals surface area contributed by atoms with Crippen LogP contribution in [-0.2, 0) is 0 Å². The molecular weight excluding hydrogens is 397 g/mol. The Hall–Kier alpha value is -3.20. The van der Waals surface area contributed by atoms with Crippen molar-refractivity contribution >= 4 is 23.5 Å². The number of rotatable bonds is 6. The third-order valence-corrected chi connectivity index (χ3v) is 3.87. The summed E-state index contributed by atoms with van der Waals surface area (Å²) in [5.41, 5.74) is 4.51. The van der Waals surface area contributed by atoms with E-state index in [1.807, 2.05) is 12.1 Å². The lowest BCUT2D eigenvalue weighted by Crippen LogP contribution is -2.16. The molecule has 0 saturated carbocycles. The van der Waals surface area contributed by atoms with Crippen LogP contribution in [0.15, 0.2) is 60.0 Å². The summed E-state index contributed by atoms with van der Waals surface area (Å²) in [6.07, 6.45) is -1.72. The Kier molecular flexibility index (Phi) is 5.74. The number of alkyl halides is 3. The second-order valence-electron chi connectivity index (χ2n) is 5.43. The minimum absolute atomic E-state index is 0.246. The molecular formula is C18H14ClF3N4O2. The van der Waals surface area contributed by atoms with Crippen LogP contribution in [0.2, 0.25) is 5.15 Å². The molecule has 146 valence electrons. The second-order valence-corrected chi connectivity index (χ2v) is 5.79. The van der Waals surface area contributed by atoms with Gasteiger partial charge >= 0.3 is 6.36 Å². The number of hydrazone groups is 1. The van der Waals surface area contributed by atoms with E-state index in [2.05, 4.69) is 20.2 Å². The van der Waals surface area contributed by atoms with Crippen molar-refractivity contribution in [2.45, 2.75) is 6.36 Å². The van der Waals surface area contributed by atoms with E-state index in [4.69, 9.17) is 16.3 Å². The van der Waals surface area contributed by atoms with E-state index in [0.717, 1.165) is 5.69 Å². The maximum atomic E-state index is 12.2. The number of nitrogens with one attached hydrogen (secondary N) is 1. The number of anilines is 1. The van der Waals surface area contributed by atoms with Gasteiger partial charge in [0.05, 0.1) is 19.0 Å². The molecule has 28 heavy (non-hydrogen) atoms. The molecule has 3 aromatic rings. The van der Waals surface area contributed by atoms with Crippen LogP contribution in [0.4, 0.5) is 18.9 Å². The highest BCUT2D eigenvalue weighted by molar-refractivity contribution is 6.31. The van der Waals surface area contributed by atoms with E-state index in [9.17, 15) is 13.2 Å². The average Bonchev–Trinajstić information content (AvgIpc) is 3.03. The maximum Gasteiger partial charge on any atom is 0.573 e. The van der Waals surface area contributed by atoms with Gasteiger partial charge in [-0.25, -0.2) is 4.98 Å². The summed E-state index contributed by atoms with van der Waals surface area (Å²) < 4.78 is 47.2. The number of nitrogens with zero attached hydrogens (tertiary/aromatic N) is 3. The van der Waals surface area contributed by atoms with Crippen LogP contribution in [0.1, 0.15) is 5.69 Å². The largest absolute Gasteiger partial charge is 0.573 e. The summed E-state index contributed by atoms with van der Waals surface area (Å²) in [5, 5.41) is 4.31. The molecule has 0 aliphatic carbocycles. The molecule has 0 spiro atoms. The zero-order valence-electron chi connectivity index (χ0n) is 14.4. The molecule has 0 saturated heterocycles. The maximum absolute atomic E-state index is 12.2. The summed E-state index contributed by atoms with van der Waals surface area (Å²) in [6, 6.07) is 12.4. The fourth-order valence-corrected chi connectivity index (χ4v) is 2.48. The molecule has 1 aromatic heterocycles. The van der Waals surface area contributed by atoms with E-state index in [1.165, 1.54) is 30.5 Å². The number of benzene rings is 2. The van der Waals surface area contributed by atoms with E-state index in [-0.39, 0.29) is 10.9 Å². The highest BCUT2D eigenvalue weighted by Gasteiger charge is 2.30. The van der Waals surface area contributed by atoms with Gasteiger partial charge in [-0.3, -0.25) is 9.99 Å². The smallest absolute Gasteiger partial charge is 0.497 e. The molecule has 2 aromatic carbocycles. The van der Waals surface area contributed by atoms with Gasteiger partial charge in [0.15, 0.2) is 5.15 Å². The minimum Gasteiger partial charge on any atom is -0.497 e. The molecule has 0 fully saturated rings. The number of ether oxygens (including phenoxy) is 2. The molecule has 6 nitrogen and oxygen atoms in total. The summed E-state index contributed by atoms with van der Waals surface area (Å²) in [4.78, 5) is 4.06. The molecule has 10 heteroatoms. The van der Waals surface area contributed by atoms with E-state index in [1.54, 1.807) is 30.1 Å². The molecule has 1 heterocycles. The van der Waals surface area contributed by atoms with Crippen LogP contribution >= 0.6 is 11.6 Å². The summed E-state index contributed by atoms with van der Waals surface area (Å²) >= 11 is 6.12. The Morgan fingerprint density at radius 2 is 1.71 bits per heavy atom. The van der Waals surface area contributed by atoms with Gasteiger partial charge in [-0.05, 0) is 48.5 Å². The molecule has 0 atom stereocenters. The normalized spacial score (nSPS) is 11.6. The van der Waals surface area contributed by atoms with E-state index >= 15 is 0 Å². The number of imidazole rings is 1. The zero-order valence-corrected chi connectivity index (χ0v) is 15.2. The predicted octanol–water partition coefficient (Wildman–Crippen LogP) is 4.88. The lowest BCUT2D eigenvalue weighted by atomic mass is 10.3. The number of methoxy groups -OCH3 is 1. The Bertz CT molecular complexity index is 954. The van der Waals surface area contributed by atoms with E-state index in [0.29, 0.717) is 17.1 Å². The number of hydrogen-bond donors (Lipinski definition) is 1. The topological polar surface area (TPSA) is 60.7 Å². The molecule has 0 bridgehead atoms. The highest BCUT2D eigenvalue weighted by atomic mass is 35.5. The van der Waals surface area contributed by atoms with Crippen molar-refractivity contribution < 1.29 is 22.6 Å². The minimum atomic E-state index is -4.73. The Balaban J connectivity index is 1.71. The standard InChI is InChI=1S/C18H14ClF3N4O2/c1-27-14-8-4-13(5-9-14)26-11-23-17(19)16(26)10-24-25-12-2-6-15(7-3-12)28-18(20,21)22/h2-11,25H,1H3/b24-10+. The van der Waals surface area contributed by atoms with Crippen LogP contribution in [0, 0.1) is 0 Å². The van der Waals surface area contributed by atoms with Crippen molar-refractivity contribution in [2.24, 2.45) is 5.10 Å². The number of hydrogen-bond acceptors (Lipinski definition) is 5. The molecule has 1 N–H and O–H groups in total. The van der Waals surface area contributed by atoms with Crippen LogP contribution in [-0.4, -0.2) is 29.2 Å². The van der Waals surface area contributed by atoms with E-state index < -0.39 is 6.36 Å². The van der Waals surface area contributed by atoms with Crippen LogP contribution < -0.4 is 14.9 Å². The predicted molar refractivity (Wildman–Crippen MR) is 99.5 cm³/mol. The van der Waals surface area contributed by atoms with Gasteiger partial charge in [0.2, 0.25) is 0 Å². The number of aromatic nitrogens is 2. The third-order valence-electron chi connectivity index (χ3n) is 3.58. The Morgan fingerprint density at radius 1 is 1.07 bits per heavy atom. The SMILES string of the molecule is COc1ccc(-n2cnc(Cl)c2/C=N/Nc2ccc(OC(F)(F)F)cc2)cc1. The Labute approximate surface area is 163 Å². The Morgan fingerprint density at radius 3 is 2.32 bits per heavy atom. The quantitative estimate of drug-likeness (QED) is 0.465. The molecule has 0 amide bonds. The summed E-state index contributed by atoms with van der Waals surface area (Å²) in [6.45, 7) is 0. The lowest BCUT2D eigenvalue weighted by Gasteiger charge is -2.09. The first-order valence-corrected chi connectivity index (χ1v) is 8.25. The van der Waals surface area contributed by atoms with Crippen LogP contribution in [0.3, 0.4) is 0 Å². The molecule has 3 rings (SSSR count). The van der Waals surface area contributed by atoms with Gasteiger partial charge in [-0.1, -0.05) is 11.6 Å². The van der Waals surface area contributed by atoms with Gasteiger partial charge < -0.3 is 9.47 Å². The second kappa shape index (κ2) is 8.22. The lowest BCUT2D eigenvalue weighted by molar-refractivity contribution is -0.274. The van der Waals surface area contributed by atoms with Crippen LogP contribution in [0.25, 0.3) is 5.69 Å². The van der Waals surface area contributed by atoms with Gasteiger partial charge in [-0.15, -0.1) is 13.2 Å². The molecule has 0 aliphatic heterocycles. The highest BCUT2D eigenvalue weighted by Crippen LogP contribution is 2.24. The third kappa shape index (κ3) is 4.95. The van der Waals surface area contributed by atoms with Gasteiger partial charge in [-0.2, -0.15) is 5.10 Å². The van der Waals surface area contributed by atoms with Crippen molar-refractivity contribution in [1.29, 1.82) is 0 Å². The van der Waals surface area contributed by atoms with Crippen molar-refractivity contribution in [3.63, 3.8) is 0 Å². The van der Waals surface area contributed by atoms with Crippen molar-refractivity contribution in [1.82, 2.24) is 9.55 Å². The van der Waals surface area contributed by atoms with Crippen molar-refractivity contribution in [2.75, 3.05) is 12.5 Å². The fraction of sp³-hybridized carbons (Fsp3) is 0.111. The molecule has 0 unspecified atom stereocenters. The monoisotopic (exact) mass is 410 g/mol. The fourth-order valence-electron chi connectivity index (χ4n) is 2.30. The van der Waals surface area contributed by atoms with Crippen molar-refractivity contribution in [3.8, 4) is 17.2 Å². The van der Waals surface area contributed by atoms with Crippen LogP contribution in [0.5, 0.6) is 11.5 Å². The van der Waals surface area contributed by atoms with Gasteiger partial charge in [0.1, 0.15) is 23.5 Å². The summed E-state index contributed by atoms with van der Waals surface area (Å²) in [7, 11) is 1.58. The molecule has 0 aliphatic rings. The van der Waals surface area contributed by atoms with Gasteiger partial charge in [0, 0.05) is 5.69 Å². The number of halogens is 4. The first-order chi connectivity index (χ1) is 13.4.